The number of benzene rings is 1. The summed E-state index contributed by atoms with van der Waals surface area (Å²) in [7, 11) is 0. The summed E-state index contributed by atoms with van der Waals surface area (Å²) in [6, 6.07) is 1.45. The first-order chi connectivity index (χ1) is 7.00. The Labute approximate surface area is 90.9 Å². The molecule has 0 saturated carbocycles. The number of halogens is 1. The lowest BCUT2D eigenvalue weighted by atomic mass is 10.0. The van der Waals surface area contributed by atoms with Crippen molar-refractivity contribution < 1.29 is 14.7 Å². The molecule has 78 valence electrons. The molecule has 0 bridgehead atoms. The molecule has 1 aliphatic heterocycles. The van der Waals surface area contributed by atoms with Crippen LogP contribution in [-0.4, -0.2) is 17.0 Å². The molecule has 0 saturated heterocycles. The van der Waals surface area contributed by atoms with E-state index in [9.17, 15) is 9.59 Å². The molecule has 0 aromatic heterocycles. The Bertz CT molecular complexity index is 482. The highest BCUT2D eigenvalue weighted by atomic mass is 35.5. The standard InChI is InChI=1S/C10H8ClNO3/c1-4-8(11)6(10(14)15)2-5-3-7(13)12-9(4)5/h2H,3H2,1H3,(H,12,13)(H,14,15). The zero-order valence-electron chi connectivity index (χ0n) is 7.93. The lowest BCUT2D eigenvalue weighted by molar-refractivity contribution is -0.115. The van der Waals surface area contributed by atoms with E-state index in [1.54, 1.807) is 6.92 Å². The first-order valence-electron chi connectivity index (χ1n) is 4.36. The predicted molar refractivity (Wildman–Crippen MR) is 55.5 cm³/mol. The topological polar surface area (TPSA) is 66.4 Å². The summed E-state index contributed by atoms with van der Waals surface area (Å²) in [6.07, 6.45) is 0.216. The summed E-state index contributed by atoms with van der Waals surface area (Å²) >= 11 is 5.89. The van der Waals surface area contributed by atoms with Crippen LogP contribution < -0.4 is 5.32 Å². The Morgan fingerprint density at radius 1 is 1.60 bits per heavy atom. The number of anilines is 1. The zero-order valence-corrected chi connectivity index (χ0v) is 8.68. The van der Waals surface area contributed by atoms with Crippen LogP contribution in [0.3, 0.4) is 0 Å². The molecule has 4 nitrogen and oxygen atoms in total. The van der Waals surface area contributed by atoms with E-state index < -0.39 is 5.97 Å². The molecule has 2 rings (SSSR count). The number of fused-ring (bicyclic) bond motifs is 1. The average molecular weight is 226 g/mol. The molecule has 1 aromatic rings. The van der Waals surface area contributed by atoms with Gasteiger partial charge in [0.2, 0.25) is 5.91 Å². The molecule has 1 aliphatic rings. The van der Waals surface area contributed by atoms with E-state index in [-0.39, 0.29) is 22.9 Å². The first-order valence-corrected chi connectivity index (χ1v) is 4.73. The van der Waals surface area contributed by atoms with Gasteiger partial charge in [-0.2, -0.15) is 0 Å². The third-order valence-corrected chi connectivity index (χ3v) is 2.91. The zero-order chi connectivity index (χ0) is 11.2. The third-order valence-electron chi connectivity index (χ3n) is 2.43. The van der Waals surface area contributed by atoms with Crippen molar-refractivity contribution in [2.45, 2.75) is 13.3 Å². The maximum atomic E-state index is 11.1. The molecular weight excluding hydrogens is 218 g/mol. The van der Waals surface area contributed by atoms with Gasteiger partial charge in [0.25, 0.3) is 0 Å². The van der Waals surface area contributed by atoms with Crippen molar-refractivity contribution in [3.63, 3.8) is 0 Å². The number of hydrogen-bond donors (Lipinski definition) is 2. The molecule has 15 heavy (non-hydrogen) atoms. The molecule has 0 spiro atoms. The molecule has 0 atom stereocenters. The number of carboxylic acid groups (broad SMARTS) is 1. The van der Waals surface area contributed by atoms with E-state index in [1.807, 2.05) is 0 Å². The minimum absolute atomic E-state index is 0.0458. The Morgan fingerprint density at radius 3 is 2.87 bits per heavy atom. The average Bonchev–Trinajstić information content (AvgIpc) is 2.52. The number of carboxylic acids is 1. The molecule has 2 N–H and O–H groups in total. The van der Waals surface area contributed by atoms with E-state index in [1.165, 1.54) is 6.07 Å². The van der Waals surface area contributed by atoms with Gasteiger partial charge in [-0.15, -0.1) is 0 Å². The summed E-state index contributed by atoms with van der Waals surface area (Å²) in [6.45, 7) is 1.69. The number of hydrogen-bond acceptors (Lipinski definition) is 2. The summed E-state index contributed by atoms with van der Waals surface area (Å²) in [4.78, 5) is 22.0. The minimum Gasteiger partial charge on any atom is -0.478 e. The monoisotopic (exact) mass is 225 g/mol. The van der Waals surface area contributed by atoms with Gasteiger partial charge in [-0.05, 0) is 24.1 Å². The van der Waals surface area contributed by atoms with Crippen LogP contribution in [0.2, 0.25) is 5.02 Å². The van der Waals surface area contributed by atoms with E-state index in [4.69, 9.17) is 16.7 Å². The Kier molecular flexibility index (Phi) is 2.16. The fourth-order valence-electron chi connectivity index (χ4n) is 1.69. The molecule has 1 heterocycles. The molecule has 0 unspecified atom stereocenters. The number of rotatable bonds is 1. The fraction of sp³-hybridized carbons (Fsp3) is 0.200. The number of nitrogens with one attached hydrogen (secondary N) is 1. The minimum atomic E-state index is -1.08. The van der Waals surface area contributed by atoms with Gasteiger partial charge < -0.3 is 10.4 Å². The van der Waals surface area contributed by atoms with Gasteiger partial charge in [-0.25, -0.2) is 4.79 Å². The maximum absolute atomic E-state index is 11.1. The summed E-state index contributed by atoms with van der Waals surface area (Å²) in [5.41, 5.74) is 2.00. The van der Waals surface area contributed by atoms with Gasteiger partial charge in [-0.1, -0.05) is 11.6 Å². The van der Waals surface area contributed by atoms with Gasteiger partial charge in [0, 0.05) is 5.69 Å². The van der Waals surface area contributed by atoms with Crippen LogP contribution in [0.1, 0.15) is 21.5 Å². The van der Waals surface area contributed by atoms with Crippen molar-refractivity contribution in [2.24, 2.45) is 0 Å². The number of aromatic carboxylic acids is 1. The van der Waals surface area contributed by atoms with Crippen LogP contribution in [0.15, 0.2) is 6.07 Å². The second kappa shape index (κ2) is 3.24. The van der Waals surface area contributed by atoms with Crippen molar-refractivity contribution in [3.8, 4) is 0 Å². The van der Waals surface area contributed by atoms with Gasteiger partial charge in [0.05, 0.1) is 17.0 Å². The normalized spacial score (nSPS) is 13.6. The van der Waals surface area contributed by atoms with Crippen LogP contribution >= 0.6 is 11.6 Å². The van der Waals surface area contributed by atoms with Crippen LogP contribution in [0.25, 0.3) is 0 Å². The summed E-state index contributed by atoms with van der Waals surface area (Å²) < 4.78 is 0. The van der Waals surface area contributed by atoms with Crippen molar-refractivity contribution in [2.75, 3.05) is 5.32 Å². The van der Waals surface area contributed by atoms with E-state index in [0.717, 1.165) is 0 Å². The lowest BCUT2D eigenvalue weighted by Gasteiger charge is -2.08. The fourth-order valence-corrected chi connectivity index (χ4v) is 1.92. The van der Waals surface area contributed by atoms with Crippen molar-refractivity contribution in [3.05, 3.63) is 27.8 Å². The molecule has 0 fully saturated rings. The number of amides is 1. The molecule has 1 amide bonds. The van der Waals surface area contributed by atoms with Crippen molar-refractivity contribution in [1.82, 2.24) is 0 Å². The van der Waals surface area contributed by atoms with Crippen molar-refractivity contribution >= 4 is 29.2 Å². The highest BCUT2D eigenvalue weighted by Crippen LogP contribution is 2.34. The van der Waals surface area contributed by atoms with E-state index in [2.05, 4.69) is 5.32 Å². The van der Waals surface area contributed by atoms with E-state index in [0.29, 0.717) is 16.8 Å². The van der Waals surface area contributed by atoms with Gasteiger partial charge in [0.1, 0.15) is 0 Å². The van der Waals surface area contributed by atoms with Crippen LogP contribution in [0.5, 0.6) is 0 Å². The smallest absolute Gasteiger partial charge is 0.337 e. The van der Waals surface area contributed by atoms with Gasteiger partial charge in [0.15, 0.2) is 0 Å². The number of carbonyl (C=O) groups excluding carboxylic acids is 1. The van der Waals surface area contributed by atoms with Crippen LogP contribution in [-0.2, 0) is 11.2 Å². The molecule has 0 radical (unpaired) electrons. The third kappa shape index (κ3) is 1.47. The highest BCUT2D eigenvalue weighted by molar-refractivity contribution is 6.35. The largest absolute Gasteiger partial charge is 0.478 e. The Balaban J connectivity index is 2.67. The second-order valence-corrected chi connectivity index (χ2v) is 3.81. The molecule has 0 aliphatic carbocycles. The SMILES string of the molecule is Cc1c(Cl)c(C(=O)O)cc2c1NC(=O)C2. The van der Waals surface area contributed by atoms with E-state index >= 15 is 0 Å². The highest BCUT2D eigenvalue weighted by Gasteiger charge is 2.24. The molecule has 1 aromatic carbocycles. The maximum Gasteiger partial charge on any atom is 0.337 e. The van der Waals surface area contributed by atoms with Crippen LogP contribution in [0, 0.1) is 6.92 Å². The predicted octanol–water partition coefficient (Wildman–Crippen LogP) is 1.84. The van der Waals surface area contributed by atoms with Gasteiger partial charge in [-0.3, -0.25) is 4.79 Å². The lowest BCUT2D eigenvalue weighted by Crippen LogP contribution is -2.04. The first kappa shape index (κ1) is 9.98. The Morgan fingerprint density at radius 2 is 2.27 bits per heavy atom. The van der Waals surface area contributed by atoms with Crippen LogP contribution in [0.4, 0.5) is 5.69 Å². The molecule has 5 heteroatoms. The number of carbonyl (C=O) groups is 2. The molecular formula is C10H8ClNO3. The van der Waals surface area contributed by atoms with Crippen molar-refractivity contribution in [1.29, 1.82) is 0 Å². The quantitative estimate of drug-likeness (QED) is 0.767. The van der Waals surface area contributed by atoms with Gasteiger partial charge >= 0.3 is 5.97 Å². The Hall–Kier alpha value is -1.55. The summed E-state index contributed by atoms with van der Waals surface area (Å²) in [5, 5.41) is 11.7. The second-order valence-electron chi connectivity index (χ2n) is 3.43. The summed E-state index contributed by atoms with van der Waals surface area (Å²) in [5.74, 6) is -1.21.